The van der Waals surface area contributed by atoms with Crippen LogP contribution in [0.1, 0.15) is 16.8 Å². The zero-order chi connectivity index (χ0) is 15.5. The predicted molar refractivity (Wildman–Crippen MR) is 85.6 cm³/mol. The molecule has 1 fully saturated rings. The number of thiophene rings is 1. The van der Waals surface area contributed by atoms with Gasteiger partial charge in [0.25, 0.3) is 5.91 Å². The highest BCUT2D eigenvalue weighted by atomic mass is 32.1. The molecule has 1 aliphatic heterocycles. The van der Waals surface area contributed by atoms with E-state index in [1.54, 1.807) is 0 Å². The average Bonchev–Trinajstić information content (AvgIpc) is 3.19. The summed E-state index contributed by atoms with van der Waals surface area (Å²) < 4.78 is 5.82. The van der Waals surface area contributed by atoms with Gasteiger partial charge in [-0.05, 0) is 17.5 Å². The maximum atomic E-state index is 12.3. The third kappa shape index (κ3) is 3.19. The summed E-state index contributed by atoms with van der Waals surface area (Å²) in [4.78, 5) is 16.0. The van der Waals surface area contributed by atoms with Gasteiger partial charge in [0.05, 0.1) is 12.1 Å². The lowest BCUT2D eigenvalue weighted by atomic mass is 10.3. The quantitative estimate of drug-likeness (QED) is 0.862. The molecule has 0 saturated carbocycles. The summed E-state index contributed by atoms with van der Waals surface area (Å²) >= 11 is 1.53. The average molecular weight is 318 g/mol. The van der Waals surface area contributed by atoms with Crippen LogP contribution in [0.25, 0.3) is 0 Å². The number of amides is 1. The highest BCUT2D eigenvalue weighted by Gasteiger charge is 2.28. The highest BCUT2D eigenvalue weighted by molar-refractivity contribution is 7.08. The Bertz CT molecular complexity index is 628. The molecule has 1 aliphatic rings. The lowest BCUT2D eigenvalue weighted by Gasteiger charge is -2.16. The predicted octanol–water partition coefficient (Wildman–Crippen LogP) is 1.90. The minimum Gasteiger partial charge on any atom is -0.471 e. The van der Waals surface area contributed by atoms with Crippen LogP contribution < -0.4 is 9.64 Å². The second-order valence-electron chi connectivity index (χ2n) is 5.42. The van der Waals surface area contributed by atoms with Crippen LogP contribution in [-0.4, -0.2) is 54.3 Å². The van der Waals surface area contributed by atoms with Crippen molar-refractivity contribution in [2.45, 2.75) is 12.5 Å². The van der Waals surface area contributed by atoms with Crippen molar-refractivity contribution in [2.75, 3.05) is 32.1 Å². The van der Waals surface area contributed by atoms with E-state index in [0.717, 1.165) is 17.8 Å². The summed E-state index contributed by atoms with van der Waals surface area (Å²) in [6, 6.07) is 5.53. The number of hydrogen-bond acceptors (Lipinski definition) is 6. The fourth-order valence-electron chi connectivity index (χ4n) is 2.36. The fourth-order valence-corrected chi connectivity index (χ4v) is 2.99. The van der Waals surface area contributed by atoms with E-state index < -0.39 is 0 Å². The lowest BCUT2D eigenvalue weighted by Crippen LogP contribution is -2.30. The van der Waals surface area contributed by atoms with Gasteiger partial charge in [-0.3, -0.25) is 4.79 Å². The van der Waals surface area contributed by atoms with Crippen LogP contribution in [0.2, 0.25) is 0 Å². The third-order valence-corrected chi connectivity index (χ3v) is 4.26. The van der Waals surface area contributed by atoms with Crippen molar-refractivity contribution in [1.29, 1.82) is 0 Å². The van der Waals surface area contributed by atoms with Crippen LogP contribution in [0.3, 0.4) is 0 Å². The lowest BCUT2D eigenvalue weighted by molar-refractivity contribution is 0.0771. The number of rotatable bonds is 4. The number of carbonyl (C=O) groups is 1. The van der Waals surface area contributed by atoms with Crippen LogP contribution in [0.4, 0.5) is 5.82 Å². The zero-order valence-electron chi connectivity index (χ0n) is 12.6. The van der Waals surface area contributed by atoms with Gasteiger partial charge in [-0.25, -0.2) is 0 Å². The SMILES string of the molecule is CN(C)c1ccc(O[C@@H]2CCN(C(=O)c3ccsc3)C2)nn1. The van der Waals surface area contributed by atoms with E-state index in [2.05, 4.69) is 10.2 Å². The summed E-state index contributed by atoms with van der Waals surface area (Å²) in [5, 5.41) is 11.9. The van der Waals surface area contributed by atoms with Crippen molar-refractivity contribution in [3.05, 3.63) is 34.5 Å². The molecule has 7 heteroatoms. The van der Waals surface area contributed by atoms with Crippen LogP contribution in [0.5, 0.6) is 5.88 Å². The summed E-state index contributed by atoms with van der Waals surface area (Å²) in [6.07, 6.45) is 0.787. The smallest absolute Gasteiger partial charge is 0.254 e. The number of aromatic nitrogens is 2. The van der Waals surface area contributed by atoms with Crippen molar-refractivity contribution in [3.63, 3.8) is 0 Å². The van der Waals surface area contributed by atoms with Gasteiger partial charge < -0.3 is 14.5 Å². The molecule has 22 heavy (non-hydrogen) atoms. The van der Waals surface area contributed by atoms with E-state index in [1.807, 2.05) is 52.9 Å². The Morgan fingerprint density at radius 2 is 2.23 bits per heavy atom. The Hall–Kier alpha value is -2.15. The number of likely N-dealkylation sites (tertiary alicyclic amines) is 1. The largest absolute Gasteiger partial charge is 0.471 e. The summed E-state index contributed by atoms with van der Waals surface area (Å²) in [5.41, 5.74) is 0.751. The van der Waals surface area contributed by atoms with E-state index in [9.17, 15) is 4.79 Å². The van der Waals surface area contributed by atoms with E-state index in [-0.39, 0.29) is 12.0 Å². The molecule has 116 valence electrons. The summed E-state index contributed by atoms with van der Waals surface area (Å²) in [7, 11) is 3.82. The van der Waals surface area contributed by atoms with E-state index >= 15 is 0 Å². The molecule has 3 heterocycles. The number of ether oxygens (including phenoxy) is 1. The topological polar surface area (TPSA) is 58.6 Å². The summed E-state index contributed by atoms with van der Waals surface area (Å²) in [6.45, 7) is 1.30. The molecule has 1 saturated heterocycles. The normalized spacial score (nSPS) is 17.5. The van der Waals surface area contributed by atoms with Crippen LogP contribution in [0.15, 0.2) is 29.0 Å². The summed E-state index contributed by atoms with van der Waals surface area (Å²) in [5.74, 6) is 1.36. The first-order chi connectivity index (χ1) is 10.6. The first-order valence-corrected chi connectivity index (χ1v) is 8.07. The molecular weight excluding hydrogens is 300 g/mol. The first-order valence-electron chi connectivity index (χ1n) is 7.12. The Morgan fingerprint density at radius 3 is 2.86 bits per heavy atom. The molecule has 0 radical (unpaired) electrons. The minimum atomic E-state index is -0.0258. The Balaban J connectivity index is 1.58. The molecule has 6 nitrogen and oxygen atoms in total. The number of hydrogen-bond donors (Lipinski definition) is 0. The van der Waals surface area contributed by atoms with Crippen LogP contribution in [0, 0.1) is 0 Å². The molecular formula is C15H18N4O2S. The molecule has 0 spiro atoms. The molecule has 1 amide bonds. The van der Waals surface area contributed by atoms with Crippen molar-refractivity contribution in [1.82, 2.24) is 15.1 Å². The van der Waals surface area contributed by atoms with E-state index in [0.29, 0.717) is 19.0 Å². The number of anilines is 1. The standard InChI is InChI=1S/C15H18N4O2S/c1-18(2)13-3-4-14(17-16-13)21-12-5-7-19(9-12)15(20)11-6-8-22-10-11/h3-4,6,8,10,12H,5,7,9H2,1-2H3/t12-/m1/s1. The first kappa shape index (κ1) is 14.8. The maximum Gasteiger partial charge on any atom is 0.254 e. The molecule has 3 rings (SSSR count). The molecule has 1 atom stereocenters. The van der Waals surface area contributed by atoms with E-state index in [1.165, 1.54) is 11.3 Å². The zero-order valence-corrected chi connectivity index (χ0v) is 13.4. The van der Waals surface area contributed by atoms with Gasteiger partial charge in [0.15, 0.2) is 5.82 Å². The molecule has 0 aliphatic carbocycles. The van der Waals surface area contributed by atoms with Crippen molar-refractivity contribution in [2.24, 2.45) is 0 Å². The van der Waals surface area contributed by atoms with Crippen molar-refractivity contribution in [3.8, 4) is 5.88 Å². The Labute approximate surface area is 133 Å². The van der Waals surface area contributed by atoms with Gasteiger partial charge in [-0.1, -0.05) is 0 Å². The van der Waals surface area contributed by atoms with Crippen LogP contribution in [-0.2, 0) is 0 Å². The van der Waals surface area contributed by atoms with Gasteiger partial charge in [0.1, 0.15) is 6.10 Å². The van der Waals surface area contributed by atoms with Gasteiger partial charge in [-0.15, -0.1) is 10.2 Å². The minimum absolute atomic E-state index is 0.0258. The molecule has 2 aromatic heterocycles. The van der Waals surface area contributed by atoms with Gasteiger partial charge >= 0.3 is 0 Å². The Kier molecular flexibility index (Phi) is 4.24. The number of nitrogens with zero attached hydrogens (tertiary/aromatic N) is 4. The highest BCUT2D eigenvalue weighted by Crippen LogP contribution is 2.20. The van der Waals surface area contributed by atoms with Crippen molar-refractivity contribution >= 4 is 23.1 Å². The van der Waals surface area contributed by atoms with E-state index in [4.69, 9.17) is 4.74 Å². The van der Waals surface area contributed by atoms with Gasteiger partial charge in [0, 0.05) is 38.5 Å². The van der Waals surface area contributed by atoms with Crippen LogP contribution >= 0.6 is 11.3 Å². The molecule has 0 N–H and O–H groups in total. The maximum absolute atomic E-state index is 12.3. The van der Waals surface area contributed by atoms with Gasteiger partial charge in [-0.2, -0.15) is 11.3 Å². The monoisotopic (exact) mass is 318 g/mol. The Morgan fingerprint density at radius 1 is 1.36 bits per heavy atom. The third-order valence-electron chi connectivity index (χ3n) is 3.57. The second kappa shape index (κ2) is 6.31. The molecule has 2 aromatic rings. The molecule has 0 bridgehead atoms. The molecule has 0 unspecified atom stereocenters. The fraction of sp³-hybridized carbons (Fsp3) is 0.400. The second-order valence-corrected chi connectivity index (χ2v) is 6.20. The van der Waals surface area contributed by atoms with Gasteiger partial charge in [0.2, 0.25) is 5.88 Å². The van der Waals surface area contributed by atoms with Crippen molar-refractivity contribution < 1.29 is 9.53 Å². The number of carbonyl (C=O) groups excluding carboxylic acids is 1. The molecule has 0 aromatic carbocycles.